The Hall–Kier alpha value is -0.570. The normalized spacial score (nSPS) is 29.2. The Bertz CT molecular complexity index is 440. The molecule has 2 unspecified atom stereocenters. The lowest BCUT2D eigenvalue weighted by atomic mass is 9.56. The van der Waals surface area contributed by atoms with Crippen molar-refractivity contribution < 1.29 is 9.84 Å². The Morgan fingerprint density at radius 2 is 2.05 bits per heavy atom. The molecule has 2 nitrogen and oxygen atoms in total. The van der Waals surface area contributed by atoms with E-state index < -0.39 is 0 Å². The summed E-state index contributed by atoms with van der Waals surface area (Å²) < 4.78 is 6.06. The van der Waals surface area contributed by atoms with E-state index in [2.05, 4.69) is 0 Å². The van der Waals surface area contributed by atoms with Gasteiger partial charge in [0.25, 0.3) is 0 Å². The van der Waals surface area contributed by atoms with Gasteiger partial charge in [-0.25, -0.2) is 0 Å². The predicted molar refractivity (Wildman–Crippen MR) is 76.2 cm³/mol. The molecule has 1 spiro atoms. The smallest absolute Gasteiger partial charge is 0.0721 e. The number of ether oxygens (including phenoxy) is 1. The largest absolute Gasteiger partial charge is 0.392 e. The summed E-state index contributed by atoms with van der Waals surface area (Å²) in [4.78, 5) is 0. The fourth-order valence-electron chi connectivity index (χ4n) is 3.65. The molecule has 2 saturated carbocycles. The van der Waals surface area contributed by atoms with Crippen LogP contribution in [-0.2, 0) is 11.3 Å². The van der Waals surface area contributed by atoms with Crippen LogP contribution in [0.4, 0.5) is 0 Å². The number of halogens is 1. The SMILES string of the molecule is OC1CC(OCc2cccc(Cl)c2)C12CCCCC2. The summed E-state index contributed by atoms with van der Waals surface area (Å²) in [5, 5.41) is 10.9. The minimum absolute atomic E-state index is 0.0524. The number of benzene rings is 1. The number of hydrogen-bond donors (Lipinski definition) is 1. The molecule has 104 valence electrons. The van der Waals surface area contributed by atoms with E-state index in [1.54, 1.807) is 0 Å². The highest BCUT2D eigenvalue weighted by atomic mass is 35.5. The molecule has 0 saturated heterocycles. The second-order valence-electron chi connectivity index (χ2n) is 5.97. The molecule has 0 amide bonds. The lowest BCUT2D eigenvalue weighted by Crippen LogP contribution is -2.58. The van der Waals surface area contributed by atoms with Crippen molar-refractivity contribution in [1.29, 1.82) is 0 Å². The summed E-state index contributed by atoms with van der Waals surface area (Å²) in [5.74, 6) is 0. The molecule has 0 bridgehead atoms. The van der Waals surface area contributed by atoms with Crippen molar-refractivity contribution in [2.75, 3.05) is 0 Å². The molecule has 3 heteroatoms. The predicted octanol–water partition coefficient (Wildman–Crippen LogP) is 3.94. The molecule has 0 aromatic heterocycles. The monoisotopic (exact) mass is 280 g/mol. The lowest BCUT2D eigenvalue weighted by Gasteiger charge is -2.55. The minimum Gasteiger partial charge on any atom is -0.392 e. The van der Waals surface area contributed by atoms with Crippen molar-refractivity contribution in [3.63, 3.8) is 0 Å². The molecule has 2 aliphatic rings. The van der Waals surface area contributed by atoms with E-state index >= 15 is 0 Å². The van der Waals surface area contributed by atoms with Gasteiger partial charge >= 0.3 is 0 Å². The Morgan fingerprint density at radius 1 is 1.26 bits per heavy atom. The summed E-state index contributed by atoms with van der Waals surface area (Å²) >= 11 is 5.98. The molecule has 3 rings (SSSR count). The maximum Gasteiger partial charge on any atom is 0.0721 e. The topological polar surface area (TPSA) is 29.5 Å². The summed E-state index contributed by atoms with van der Waals surface area (Å²) in [6.45, 7) is 0.597. The summed E-state index contributed by atoms with van der Waals surface area (Å²) in [6, 6.07) is 7.81. The van der Waals surface area contributed by atoms with E-state index in [1.165, 1.54) is 19.3 Å². The third-order valence-corrected chi connectivity index (χ3v) is 5.10. The van der Waals surface area contributed by atoms with Gasteiger partial charge in [0, 0.05) is 16.9 Å². The maximum atomic E-state index is 10.1. The molecule has 2 atom stereocenters. The zero-order chi connectivity index (χ0) is 13.3. The number of rotatable bonds is 3. The maximum absolute atomic E-state index is 10.1. The van der Waals surface area contributed by atoms with Gasteiger partial charge in [-0.2, -0.15) is 0 Å². The lowest BCUT2D eigenvalue weighted by molar-refractivity contribution is -0.210. The van der Waals surface area contributed by atoms with Gasteiger partial charge in [-0.1, -0.05) is 43.0 Å². The number of aliphatic hydroxyl groups excluding tert-OH is 1. The number of aliphatic hydroxyl groups is 1. The van der Waals surface area contributed by atoms with E-state index in [-0.39, 0.29) is 17.6 Å². The Labute approximate surface area is 119 Å². The molecular weight excluding hydrogens is 260 g/mol. The fraction of sp³-hybridized carbons (Fsp3) is 0.625. The molecule has 1 aromatic rings. The van der Waals surface area contributed by atoms with Crippen molar-refractivity contribution in [3.05, 3.63) is 34.9 Å². The van der Waals surface area contributed by atoms with Crippen molar-refractivity contribution >= 4 is 11.6 Å². The van der Waals surface area contributed by atoms with Crippen LogP contribution in [-0.4, -0.2) is 17.3 Å². The van der Waals surface area contributed by atoms with Crippen LogP contribution < -0.4 is 0 Å². The van der Waals surface area contributed by atoms with Crippen LogP contribution in [0.3, 0.4) is 0 Å². The average Bonchev–Trinajstić information content (AvgIpc) is 2.44. The Kier molecular flexibility index (Phi) is 3.84. The first-order valence-corrected chi connectivity index (χ1v) is 7.63. The third kappa shape index (κ3) is 2.54. The van der Waals surface area contributed by atoms with Crippen LogP contribution in [0, 0.1) is 5.41 Å². The van der Waals surface area contributed by atoms with Gasteiger partial charge in [0.1, 0.15) is 0 Å². The van der Waals surface area contributed by atoms with Gasteiger partial charge in [-0.05, 0) is 30.5 Å². The summed E-state index contributed by atoms with van der Waals surface area (Å²) in [5.41, 5.74) is 1.16. The Morgan fingerprint density at radius 3 is 2.74 bits per heavy atom. The van der Waals surface area contributed by atoms with Gasteiger partial charge in [0.15, 0.2) is 0 Å². The van der Waals surface area contributed by atoms with Crippen LogP contribution in [0.2, 0.25) is 5.02 Å². The highest BCUT2D eigenvalue weighted by molar-refractivity contribution is 6.30. The highest BCUT2D eigenvalue weighted by Gasteiger charge is 2.55. The van der Waals surface area contributed by atoms with E-state index in [4.69, 9.17) is 16.3 Å². The van der Waals surface area contributed by atoms with Crippen LogP contribution in [0.15, 0.2) is 24.3 Å². The molecule has 1 N–H and O–H groups in total. The van der Waals surface area contributed by atoms with Crippen molar-refractivity contribution in [2.45, 2.75) is 57.3 Å². The van der Waals surface area contributed by atoms with E-state index in [0.717, 1.165) is 29.8 Å². The van der Waals surface area contributed by atoms with Crippen LogP contribution in [0.25, 0.3) is 0 Å². The van der Waals surface area contributed by atoms with Crippen molar-refractivity contribution in [3.8, 4) is 0 Å². The van der Waals surface area contributed by atoms with Crippen LogP contribution in [0.5, 0.6) is 0 Å². The average molecular weight is 281 g/mol. The van der Waals surface area contributed by atoms with Crippen LogP contribution in [0.1, 0.15) is 44.1 Å². The van der Waals surface area contributed by atoms with Gasteiger partial charge < -0.3 is 9.84 Å². The molecule has 0 radical (unpaired) electrons. The van der Waals surface area contributed by atoms with E-state index in [0.29, 0.717) is 6.61 Å². The first-order valence-electron chi connectivity index (χ1n) is 7.25. The first kappa shape index (κ1) is 13.4. The molecule has 0 aliphatic heterocycles. The summed E-state index contributed by atoms with van der Waals surface area (Å²) in [7, 11) is 0. The third-order valence-electron chi connectivity index (χ3n) is 4.87. The Balaban J connectivity index is 1.61. The fourth-order valence-corrected chi connectivity index (χ4v) is 3.86. The highest BCUT2D eigenvalue weighted by Crippen LogP contribution is 2.53. The van der Waals surface area contributed by atoms with Gasteiger partial charge in [0.05, 0.1) is 18.8 Å². The molecule has 2 aliphatic carbocycles. The molecule has 1 aromatic carbocycles. The van der Waals surface area contributed by atoms with Gasteiger partial charge in [-0.3, -0.25) is 0 Å². The van der Waals surface area contributed by atoms with E-state index in [1.807, 2.05) is 24.3 Å². The molecule has 2 fully saturated rings. The first-order chi connectivity index (χ1) is 9.21. The van der Waals surface area contributed by atoms with E-state index in [9.17, 15) is 5.11 Å². The van der Waals surface area contributed by atoms with Crippen LogP contribution >= 0.6 is 11.6 Å². The van der Waals surface area contributed by atoms with Gasteiger partial charge in [-0.15, -0.1) is 0 Å². The summed E-state index contributed by atoms with van der Waals surface area (Å²) in [6.07, 6.45) is 6.86. The zero-order valence-electron chi connectivity index (χ0n) is 11.1. The van der Waals surface area contributed by atoms with Crippen molar-refractivity contribution in [1.82, 2.24) is 0 Å². The van der Waals surface area contributed by atoms with Gasteiger partial charge in [0.2, 0.25) is 0 Å². The quantitative estimate of drug-likeness (QED) is 0.909. The molecular formula is C16H21ClO2. The molecule has 19 heavy (non-hydrogen) atoms. The standard InChI is InChI=1S/C16H21ClO2/c17-13-6-4-5-12(9-13)11-19-15-10-14(18)16(15)7-2-1-3-8-16/h4-6,9,14-15,18H,1-3,7-8,10-11H2. The molecule has 0 heterocycles. The minimum atomic E-state index is -0.155. The second kappa shape index (κ2) is 5.43. The van der Waals surface area contributed by atoms with Crippen molar-refractivity contribution in [2.24, 2.45) is 5.41 Å². The zero-order valence-corrected chi connectivity index (χ0v) is 11.9. The number of hydrogen-bond acceptors (Lipinski definition) is 2. The second-order valence-corrected chi connectivity index (χ2v) is 6.41.